The Hall–Kier alpha value is -6.51. The van der Waals surface area contributed by atoms with E-state index in [-0.39, 0.29) is 62.1 Å². The van der Waals surface area contributed by atoms with Crippen LogP contribution >= 0.6 is 8.53 Å². The SMILES string of the molecule is COc1ccc(C(OC[C@@]23CN(C(=O)NC(C)C)[C@@H]([C@H](n4cnc5c(NC(=O)c6ccccc6)ncnc54)O2)[C@@H]3OP(OCCC#N)N(C(C)C)C(C)C)(c2ccccc2)c2ccc(OC)cc2)cc1. The molecule has 0 aliphatic carbocycles. The minimum Gasteiger partial charge on any atom is -0.497 e. The van der Waals surface area contributed by atoms with Gasteiger partial charge in [0.05, 0.1) is 52.8 Å². The summed E-state index contributed by atoms with van der Waals surface area (Å²) in [4.78, 5) is 43.8. The van der Waals surface area contributed by atoms with E-state index in [1.165, 1.54) is 6.33 Å². The highest BCUT2D eigenvalue weighted by molar-refractivity contribution is 7.44. The number of fused-ring (bicyclic) bond motifs is 3. The molecule has 1 unspecified atom stereocenters. The maximum absolute atomic E-state index is 14.7. The van der Waals surface area contributed by atoms with Crippen LogP contribution < -0.4 is 20.1 Å². The fourth-order valence-electron chi connectivity index (χ4n) is 9.35. The van der Waals surface area contributed by atoms with Gasteiger partial charge in [0.2, 0.25) is 0 Å². The molecule has 18 heteroatoms. The largest absolute Gasteiger partial charge is 0.497 e. The molecule has 0 saturated carbocycles. The molecule has 2 aromatic heterocycles. The van der Waals surface area contributed by atoms with Gasteiger partial charge in [0.25, 0.3) is 14.4 Å². The first-order valence-electron chi connectivity index (χ1n) is 23.4. The Kier molecular flexibility index (Phi) is 15.4. The maximum atomic E-state index is 14.7. The van der Waals surface area contributed by atoms with Crippen LogP contribution in [0.3, 0.4) is 0 Å². The number of morpholine rings is 1. The smallest absolute Gasteiger partial charge is 0.318 e. The van der Waals surface area contributed by atoms with E-state index in [0.29, 0.717) is 28.2 Å². The third-order valence-corrected chi connectivity index (χ3v) is 14.5. The number of hydrogen-bond acceptors (Lipinski definition) is 13. The number of nitriles is 1. The number of ether oxygens (including phenoxy) is 4. The van der Waals surface area contributed by atoms with Crippen molar-refractivity contribution in [2.75, 3.05) is 39.3 Å². The Balaban J connectivity index is 1.31. The fraction of sp³-hybridized carbons (Fsp3) is 0.385. The van der Waals surface area contributed by atoms with Gasteiger partial charge in [-0.2, -0.15) is 5.26 Å². The molecule has 0 spiro atoms. The highest BCUT2D eigenvalue weighted by atomic mass is 31.2. The predicted molar refractivity (Wildman–Crippen MR) is 265 cm³/mol. The molecule has 4 heterocycles. The van der Waals surface area contributed by atoms with Gasteiger partial charge in [-0.25, -0.2) is 24.4 Å². The molecule has 6 aromatic rings. The number of hydrogen-bond donors (Lipinski definition) is 2. The number of imidazole rings is 1. The van der Waals surface area contributed by atoms with Crippen LogP contribution in [-0.4, -0.2) is 111 Å². The van der Waals surface area contributed by atoms with Crippen molar-refractivity contribution in [3.8, 4) is 17.6 Å². The second-order valence-corrected chi connectivity index (χ2v) is 19.4. The van der Waals surface area contributed by atoms with Crippen molar-refractivity contribution in [2.45, 2.75) is 95.7 Å². The molecular formula is C52H60N9O8P. The zero-order valence-electron chi connectivity index (χ0n) is 40.7. The van der Waals surface area contributed by atoms with Crippen molar-refractivity contribution in [2.24, 2.45) is 0 Å². The Morgan fingerprint density at radius 2 is 1.46 bits per heavy atom. The van der Waals surface area contributed by atoms with Crippen LogP contribution in [-0.2, 0) is 24.1 Å². The van der Waals surface area contributed by atoms with E-state index in [1.807, 2.05) is 98.8 Å². The summed E-state index contributed by atoms with van der Waals surface area (Å²) in [5.74, 6) is 1.17. The molecule has 0 radical (unpaired) electrons. The minimum atomic E-state index is -1.89. The standard InChI is InChI=1S/C52H60N9O8P/c1-34(2)57-50(63)59-30-51(31-66-52(38-18-13-10-14-19-38,39-20-24-41(64-7)25-21-39)40-22-26-42(65-8)27-23-40)45(69-70(67-29-15-28-53)61(35(3)4)36(5)6)44(59)49(68-51)60-33-56-43-46(54-32-55-47(43)60)58-48(62)37-16-11-9-12-17-37/h9-14,16-27,32-36,44-45,49H,15,29-31H2,1-8H3,(H,57,63)(H,54,55,58,62)/t44-,45+,49-,51-,70?/m1/s1. The highest BCUT2D eigenvalue weighted by Crippen LogP contribution is 2.57. The molecule has 2 aliphatic heterocycles. The fourth-order valence-corrected chi connectivity index (χ4v) is 11.2. The average molecular weight is 970 g/mol. The number of aromatic nitrogens is 4. The van der Waals surface area contributed by atoms with Gasteiger partial charge >= 0.3 is 6.03 Å². The summed E-state index contributed by atoms with van der Waals surface area (Å²) in [5, 5.41) is 15.7. The Morgan fingerprint density at radius 1 is 0.857 bits per heavy atom. The van der Waals surface area contributed by atoms with Crippen LogP contribution in [0, 0.1) is 11.3 Å². The van der Waals surface area contributed by atoms with Gasteiger partial charge in [0.15, 0.2) is 23.2 Å². The van der Waals surface area contributed by atoms with Gasteiger partial charge in [0, 0.05) is 23.7 Å². The van der Waals surface area contributed by atoms with Crippen molar-refractivity contribution < 1.29 is 37.6 Å². The molecular weight excluding hydrogens is 910 g/mol. The molecule has 17 nitrogen and oxygen atoms in total. The molecule has 5 atom stereocenters. The second-order valence-electron chi connectivity index (χ2n) is 18.0. The summed E-state index contributed by atoms with van der Waals surface area (Å²) >= 11 is 0. The summed E-state index contributed by atoms with van der Waals surface area (Å²) in [5.41, 5.74) is 0.862. The zero-order chi connectivity index (χ0) is 49.6. The lowest BCUT2D eigenvalue weighted by Gasteiger charge is -2.42. The molecule has 70 heavy (non-hydrogen) atoms. The zero-order valence-corrected chi connectivity index (χ0v) is 41.6. The topological polar surface area (TPSA) is 187 Å². The Labute approximate surface area is 410 Å². The van der Waals surface area contributed by atoms with Crippen LogP contribution in [0.4, 0.5) is 10.6 Å². The number of likely N-dealkylation sites (tertiary alicyclic amines) is 1. The molecule has 2 N–H and O–H groups in total. The Bertz CT molecular complexity index is 2700. The van der Waals surface area contributed by atoms with Crippen molar-refractivity contribution in [1.82, 2.24) is 34.4 Å². The molecule has 2 fully saturated rings. The summed E-state index contributed by atoms with van der Waals surface area (Å²) in [6.07, 6.45) is 1.21. The normalized spacial score (nSPS) is 19.2. The van der Waals surface area contributed by atoms with E-state index in [9.17, 15) is 14.9 Å². The van der Waals surface area contributed by atoms with E-state index in [0.717, 1.165) is 16.7 Å². The maximum Gasteiger partial charge on any atom is 0.318 e. The summed E-state index contributed by atoms with van der Waals surface area (Å²) in [6.45, 7) is 12.1. The molecule has 4 aromatic carbocycles. The van der Waals surface area contributed by atoms with Gasteiger partial charge in [-0.05, 0) is 94.6 Å². The van der Waals surface area contributed by atoms with Crippen molar-refractivity contribution >= 4 is 37.4 Å². The quantitative estimate of drug-likeness (QED) is 0.0420. The van der Waals surface area contributed by atoms with Crippen LogP contribution in [0.2, 0.25) is 0 Å². The number of anilines is 1. The summed E-state index contributed by atoms with van der Waals surface area (Å²) < 4.78 is 44.2. The van der Waals surface area contributed by atoms with E-state index in [4.69, 9.17) is 33.0 Å². The van der Waals surface area contributed by atoms with Crippen LogP contribution in [0.25, 0.3) is 11.2 Å². The summed E-state index contributed by atoms with van der Waals surface area (Å²) in [7, 11) is 1.36. The van der Waals surface area contributed by atoms with Gasteiger partial charge in [-0.15, -0.1) is 0 Å². The van der Waals surface area contributed by atoms with E-state index >= 15 is 0 Å². The number of nitrogens with one attached hydrogen (secondary N) is 2. The number of methoxy groups -OCH3 is 2. The molecule has 3 amide bonds. The van der Waals surface area contributed by atoms with Crippen molar-refractivity contribution in [3.05, 3.63) is 144 Å². The van der Waals surface area contributed by atoms with Crippen molar-refractivity contribution in [1.29, 1.82) is 5.26 Å². The van der Waals surface area contributed by atoms with Gasteiger partial charge < -0.3 is 43.5 Å². The lowest BCUT2D eigenvalue weighted by Crippen LogP contribution is -2.54. The molecule has 2 aliphatic rings. The number of benzene rings is 4. The number of amides is 3. The van der Waals surface area contributed by atoms with Gasteiger partial charge in [-0.3, -0.25) is 9.36 Å². The van der Waals surface area contributed by atoms with E-state index < -0.39 is 38.1 Å². The van der Waals surface area contributed by atoms with Crippen molar-refractivity contribution in [3.63, 3.8) is 0 Å². The number of rotatable bonds is 20. The monoisotopic (exact) mass is 969 g/mol. The number of nitrogens with zero attached hydrogens (tertiary/aromatic N) is 7. The number of urea groups is 1. The van der Waals surface area contributed by atoms with Crippen LogP contribution in [0.15, 0.2) is 122 Å². The molecule has 2 saturated heterocycles. The molecule has 366 valence electrons. The number of carbonyl (C=O) groups is 2. The molecule has 8 rings (SSSR count). The first-order chi connectivity index (χ1) is 33.8. The Morgan fingerprint density at radius 3 is 2.03 bits per heavy atom. The first-order valence-corrected chi connectivity index (χ1v) is 24.5. The first kappa shape index (κ1) is 49.9. The van der Waals surface area contributed by atoms with E-state index in [1.54, 1.807) is 54.3 Å². The van der Waals surface area contributed by atoms with Crippen LogP contribution in [0.5, 0.6) is 11.5 Å². The molecule has 2 bridgehead atoms. The lowest BCUT2D eigenvalue weighted by atomic mass is 9.79. The van der Waals surface area contributed by atoms with Gasteiger partial charge in [-0.1, -0.05) is 72.8 Å². The lowest BCUT2D eigenvalue weighted by molar-refractivity contribution is -0.171. The van der Waals surface area contributed by atoms with Crippen LogP contribution in [0.1, 0.15) is 81.2 Å². The average Bonchev–Trinajstić information content (AvgIpc) is 4.03. The van der Waals surface area contributed by atoms with E-state index in [2.05, 4.69) is 59.0 Å². The predicted octanol–water partition coefficient (Wildman–Crippen LogP) is 8.84. The minimum absolute atomic E-state index is 0.0359. The third-order valence-electron chi connectivity index (χ3n) is 12.4. The third kappa shape index (κ3) is 9.93. The van der Waals surface area contributed by atoms with Gasteiger partial charge in [0.1, 0.15) is 41.2 Å². The number of carbonyl (C=O) groups excluding carboxylic acids is 2. The second kappa shape index (κ2) is 21.6. The summed E-state index contributed by atoms with van der Waals surface area (Å²) in [6, 6.07) is 35.0. The highest BCUT2D eigenvalue weighted by Gasteiger charge is 2.68.